The van der Waals surface area contributed by atoms with Gasteiger partial charge in [0, 0.05) is 12.1 Å². The van der Waals surface area contributed by atoms with Crippen LogP contribution in [0.3, 0.4) is 0 Å². The molecule has 1 aromatic heterocycles. The predicted octanol–water partition coefficient (Wildman–Crippen LogP) is 2.44. The van der Waals surface area contributed by atoms with Crippen molar-refractivity contribution in [2.45, 2.75) is 58.0 Å². The second kappa shape index (κ2) is 5.80. The monoisotopic (exact) mass is 235 g/mol. The zero-order valence-electron chi connectivity index (χ0n) is 10.6. The first-order valence-electron chi connectivity index (χ1n) is 6.47. The molecule has 0 unspecified atom stereocenters. The van der Waals surface area contributed by atoms with Crippen LogP contribution in [0, 0.1) is 0 Å². The molecule has 17 heavy (non-hydrogen) atoms. The van der Waals surface area contributed by atoms with E-state index in [1.54, 1.807) is 6.20 Å². The normalized spacial score (nSPS) is 17.1. The fourth-order valence-electron chi connectivity index (χ4n) is 2.16. The first-order chi connectivity index (χ1) is 8.24. The second-order valence-corrected chi connectivity index (χ2v) is 4.94. The van der Waals surface area contributed by atoms with Gasteiger partial charge in [0.2, 0.25) is 5.95 Å². The zero-order valence-corrected chi connectivity index (χ0v) is 10.6. The van der Waals surface area contributed by atoms with Gasteiger partial charge in [-0.2, -0.15) is 10.1 Å². The summed E-state index contributed by atoms with van der Waals surface area (Å²) in [7, 11) is 0. The summed E-state index contributed by atoms with van der Waals surface area (Å²) < 4.78 is 0. The molecular formula is C12H21N5. The number of nitrogens with one attached hydrogen (secondary N) is 2. The molecule has 5 nitrogen and oxygen atoms in total. The Balaban J connectivity index is 1.95. The van der Waals surface area contributed by atoms with Gasteiger partial charge in [0.1, 0.15) is 0 Å². The SMILES string of the molecule is CC(C)Nc1cnnc(NC2CCCCC2)n1. The van der Waals surface area contributed by atoms with Crippen molar-refractivity contribution >= 4 is 11.8 Å². The Bertz CT molecular complexity index is 347. The van der Waals surface area contributed by atoms with Crippen LogP contribution in [0.4, 0.5) is 11.8 Å². The molecule has 0 aromatic carbocycles. The van der Waals surface area contributed by atoms with Gasteiger partial charge in [0.25, 0.3) is 0 Å². The predicted molar refractivity (Wildman–Crippen MR) is 69.1 cm³/mol. The minimum Gasteiger partial charge on any atom is -0.366 e. The number of anilines is 2. The van der Waals surface area contributed by atoms with Gasteiger partial charge in [0.05, 0.1) is 6.20 Å². The van der Waals surface area contributed by atoms with Crippen molar-refractivity contribution < 1.29 is 0 Å². The number of rotatable bonds is 4. The summed E-state index contributed by atoms with van der Waals surface area (Å²) in [6.07, 6.45) is 8.04. The van der Waals surface area contributed by atoms with Crippen molar-refractivity contribution in [1.29, 1.82) is 0 Å². The number of hydrogen-bond acceptors (Lipinski definition) is 5. The molecule has 2 N–H and O–H groups in total. The fourth-order valence-corrected chi connectivity index (χ4v) is 2.16. The van der Waals surface area contributed by atoms with E-state index < -0.39 is 0 Å². The van der Waals surface area contributed by atoms with Crippen LogP contribution in [-0.4, -0.2) is 27.3 Å². The van der Waals surface area contributed by atoms with E-state index in [9.17, 15) is 0 Å². The van der Waals surface area contributed by atoms with E-state index in [2.05, 4.69) is 39.7 Å². The van der Waals surface area contributed by atoms with Crippen molar-refractivity contribution in [2.24, 2.45) is 0 Å². The molecule has 0 aliphatic heterocycles. The van der Waals surface area contributed by atoms with E-state index in [0.717, 1.165) is 5.82 Å². The molecule has 0 amide bonds. The van der Waals surface area contributed by atoms with E-state index in [0.29, 0.717) is 18.0 Å². The fraction of sp³-hybridized carbons (Fsp3) is 0.750. The van der Waals surface area contributed by atoms with E-state index in [-0.39, 0.29) is 0 Å². The smallest absolute Gasteiger partial charge is 0.244 e. The van der Waals surface area contributed by atoms with Crippen LogP contribution in [0.5, 0.6) is 0 Å². The minimum absolute atomic E-state index is 0.356. The Hall–Kier alpha value is -1.39. The van der Waals surface area contributed by atoms with E-state index in [1.807, 2.05) is 0 Å². The number of hydrogen-bond donors (Lipinski definition) is 2. The van der Waals surface area contributed by atoms with Crippen molar-refractivity contribution in [1.82, 2.24) is 15.2 Å². The number of aromatic nitrogens is 3. The second-order valence-electron chi connectivity index (χ2n) is 4.94. The highest BCUT2D eigenvalue weighted by Crippen LogP contribution is 2.20. The maximum atomic E-state index is 4.41. The maximum Gasteiger partial charge on any atom is 0.244 e. The molecule has 1 heterocycles. The Kier molecular flexibility index (Phi) is 4.12. The Labute approximate surface area is 102 Å². The molecule has 0 spiro atoms. The molecule has 2 rings (SSSR count). The molecular weight excluding hydrogens is 214 g/mol. The molecule has 0 bridgehead atoms. The van der Waals surface area contributed by atoms with Crippen LogP contribution < -0.4 is 10.6 Å². The molecule has 5 heteroatoms. The Morgan fingerprint density at radius 2 is 2.00 bits per heavy atom. The highest BCUT2D eigenvalue weighted by molar-refractivity contribution is 5.38. The van der Waals surface area contributed by atoms with Gasteiger partial charge in [-0.15, -0.1) is 5.10 Å². The molecule has 1 aliphatic carbocycles. The van der Waals surface area contributed by atoms with Crippen LogP contribution in [0.25, 0.3) is 0 Å². The highest BCUT2D eigenvalue weighted by Gasteiger charge is 2.14. The molecule has 0 saturated heterocycles. The van der Waals surface area contributed by atoms with Gasteiger partial charge in [-0.25, -0.2) is 0 Å². The van der Waals surface area contributed by atoms with Crippen LogP contribution in [0.1, 0.15) is 46.0 Å². The quantitative estimate of drug-likeness (QED) is 0.839. The summed E-state index contributed by atoms with van der Waals surface area (Å²) in [5, 5.41) is 14.6. The van der Waals surface area contributed by atoms with Gasteiger partial charge in [-0.3, -0.25) is 0 Å². The Morgan fingerprint density at radius 3 is 2.71 bits per heavy atom. The molecule has 1 saturated carbocycles. The summed E-state index contributed by atoms with van der Waals surface area (Å²) in [5.74, 6) is 1.43. The van der Waals surface area contributed by atoms with E-state index >= 15 is 0 Å². The van der Waals surface area contributed by atoms with Gasteiger partial charge in [-0.05, 0) is 26.7 Å². The number of nitrogens with zero attached hydrogens (tertiary/aromatic N) is 3. The van der Waals surface area contributed by atoms with Crippen LogP contribution in [0.15, 0.2) is 6.20 Å². The summed E-state index contributed by atoms with van der Waals surface area (Å²) in [4.78, 5) is 4.41. The summed E-state index contributed by atoms with van der Waals surface area (Å²) in [6.45, 7) is 4.16. The molecule has 0 radical (unpaired) electrons. The molecule has 94 valence electrons. The van der Waals surface area contributed by atoms with Crippen molar-refractivity contribution in [3.05, 3.63) is 6.20 Å². The van der Waals surface area contributed by atoms with Gasteiger partial charge < -0.3 is 10.6 Å². The highest BCUT2D eigenvalue weighted by atomic mass is 15.3. The first-order valence-corrected chi connectivity index (χ1v) is 6.47. The average molecular weight is 235 g/mol. The van der Waals surface area contributed by atoms with E-state index in [4.69, 9.17) is 0 Å². The zero-order chi connectivity index (χ0) is 12.1. The topological polar surface area (TPSA) is 62.7 Å². The standard InChI is InChI=1S/C12H21N5/c1-9(2)14-11-8-13-17-12(16-11)15-10-6-4-3-5-7-10/h8-10H,3-7H2,1-2H3,(H2,14,15,16,17). The van der Waals surface area contributed by atoms with E-state index in [1.165, 1.54) is 32.1 Å². The van der Waals surface area contributed by atoms with Gasteiger partial charge >= 0.3 is 0 Å². The van der Waals surface area contributed by atoms with Crippen LogP contribution in [-0.2, 0) is 0 Å². The van der Waals surface area contributed by atoms with Crippen molar-refractivity contribution in [2.75, 3.05) is 10.6 Å². The summed E-state index contributed by atoms with van der Waals surface area (Å²) >= 11 is 0. The molecule has 1 fully saturated rings. The average Bonchev–Trinajstić information content (AvgIpc) is 2.30. The molecule has 1 aliphatic rings. The van der Waals surface area contributed by atoms with Crippen LogP contribution >= 0.6 is 0 Å². The van der Waals surface area contributed by atoms with Crippen molar-refractivity contribution in [3.8, 4) is 0 Å². The molecule has 0 atom stereocenters. The lowest BCUT2D eigenvalue weighted by Crippen LogP contribution is -2.24. The maximum absolute atomic E-state index is 4.41. The lowest BCUT2D eigenvalue weighted by Gasteiger charge is -2.22. The lowest BCUT2D eigenvalue weighted by atomic mass is 9.96. The molecule has 1 aromatic rings. The first kappa shape index (κ1) is 12.1. The van der Waals surface area contributed by atoms with Gasteiger partial charge in [0.15, 0.2) is 5.82 Å². The summed E-state index contributed by atoms with van der Waals surface area (Å²) in [6, 6.07) is 0.870. The minimum atomic E-state index is 0.356. The van der Waals surface area contributed by atoms with Crippen molar-refractivity contribution in [3.63, 3.8) is 0 Å². The van der Waals surface area contributed by atoms with Crippen LogP contribution in [0.2, 0.25) is 0 Å². The third kappa shape index (κ3) is 3.84. The third-order valence-corrected chi connectivity index (χ3v) is 2.93. The Morgan fingerprint density at radius 1 is 1.24 bits per heavy atom. The third-order valence-electron chi connectivity index (χ3n) is 2.93. The summed E-state index contributed by atoms with van der Waals surface area (Å²) in [5.41, 5.74) is 0. The largest absolute Gasteiger partial charge is 0.366 e. The van der Waals surface area contributed by atoms with Gasteiger partial charge in [-0.1, -0.05) is 19.3 Å². The lowest BCUT2D eigenvalue weighted by molar-refractivity contribution is 0.460.